The third-order valence-corrected chi connectivity index (χ3v) is 3.64. The molecule has 2 amide bonds. The summed E-state index contributed by atoms with van der Waals surface area (Å²) in [6.07, 6.45) is 6.23. The van der Waals surface area contributed by atoms with Gasteiger partial charge in [-0.2, -0.15) is 10.2 Å². The number of benzene rings is 2. The lowest BCUT2D eigenvalue weighted by Gasteiger charge is -2.00. The van der Waals surface area contributed by atoms with Crippen molar-refractivity contribution in [1.29, 1.82) is 0 Å². The maximum Gasteiger partial charge on any atom is 0.244 e. The highest BCUT2D eigenvalue weighted by atomic mass is 16.2. The first kappa shape index (κ1) is 20.0. The first-order chi connectivity index (χ1) is 13.2. The Kier molecular flexibility index (Phi) is 9.01. The fourth-order valence-corrected chi connectivity index (χ4v) is 2.31. The first-order valence-corrected chi connectivity index (χ1v) is 8.92. The van der Waals surface area contributed by atoms with Gasteiger partial charge in [0.1, 0.15) is 0 Å². The number of unbranched alkanes of at least 4 members (excludes halogenated alkanes) is 2. The van der Waals surface area contributed by atoms with E-state index in [1.54, 1.807) is 12.4 Å². The molecule has 0 aliphatic heterocycles. The molecule has 6 heteroatoms. The van der Waals surface area contributed by atoms with E-state index in [1.165, 1.54) is 0 Å². The molecule has 0 saturated heterocycles. The predicted octanol–water partition coefficient (Wildman–Crippen LogP) is 2.85. The predicted molar refractivity (Wildman–Crippen MR) is 107 cm³/mol. The van der Waals surface area contributed by atoms with Crippen molar-refractivity contribution in [3.8, 4) is 0 Å². The summed E-state index contributed by atoms with van der Waals surface area (Å²) < 4.78 is 0. The Labute approximate surface area is 159 Å². The summed E-state index contributed by atoms with van der Waals surface area (Å²) in [6, 6.07) is 19.0. The van der Waals surface area contributed by atoms with Gasteiger partial charge in [0.15, 0.2) is 0 Å². The van der Waals surface area contributed by atoms with Gasteiger partial charge in [-0.1, -0.05) is 60.7 Å². The molecule has 6 nitrogen and oxygen atoms in total. The molecule has 140 valence electrons. The second-order valence-corrected chi connectivity index (χ2v) is 5.95. The lowest BCUT2D eigenvalue weighted by atomic mass is 10.1. The van der Waals surface area contributed by atoms with E-state index in [4.69, 9.17) is 0 Å². The normalized spacial score (nSPS) is 11.0. The summed E-state index contributed by atoms with van der Waals surface area (Å²) in [5.41, 5.74) is 6.93. The molecule has 2 N–H and O–H groups in total. The topological polar surface area (TPSA) is 82.9 Å². The third-order valence-electron chi connectivity index (χ3n) is 3.64. The molecule has 0 unspecified atom stereocenters. The third kappa shape index (κ3) is 9.11. The van der Waals surface area contributed by atoms with Gasteiger partial charge in [0.05, 0.1) is 12.8 Å². The van der Waals surface area contributed by atoms with Crippen LogP contribution in [0, 0.1) is 0 Å². The van der Waals surface area contributed by atoms with Crippen LogP contribution in [0.5, 0.6) is 0 Å². The Hall–Kier alpha value is -3.28. The zero-order valence-corrected chi connectivity index (χ0v) is 15.2. The van der Waals surface area contributed by atoms with Crippen LogP contribution >= 0.6 is 0 Å². The molecular formula is C21H24N4O2. The van der Waals surface area contributed by atoms with Gasteiger partial charge in [0, 0.05) is 12.4 Å². The molecule has 2 rings (SSSR count). The molecule has 0 radical (unpaired) electrons. The van der Waals surface area contributed by atoms with Crippen molar-refractivity contribution in [2.45, 2.75) is 32.1 Å². The van der Waals surface area contributed by atoms with Crippen LogP contribution in [0.1, 0.15) is 30.4 Å². The Morgan fingerprint density at radius 1 is 0.704 bits per heavy atom. The number of nitrogens with one attached hydrogen (secondary N) is 2. The largest absolute Gasteiger partial charge is 0.273 e. The lowest BCUT2D eigenvalue weighted by Crippen LogP contribution is -2.19. The number of carbonyl (C=O) groups excluding carboxylic acids is 2. The smallest absolute Gasteiger partial charge is 0.244 e. The first-order valence-electron chi connectivity index (χ1n) is 8.92. The van der Waals surface area contributed by atoms with E-state index < -0.39 is 0 Å². The van der Waals surface area contributed by atoms with Crippen molar-refractivity contribution in [3.63, 3.8) is 0 Å². The molecule has 0 atom stereocenters. The number of hydrogen-bond acceptors (Lipinski definition) is 4. The van der Waals surface area contributed by atoms with E-state index in [0.717, 1.165) is 30.4 Å². The van der Waals surface area contributed by atoms with Crippen molar-refractivity contribution in [3.05, 3.63) is 71.8 Å². The van der Waals surface area contributed by atoms with Crippen LogP contribution in [0.2, 0.25) is 0 Å². The summed E-state index contributed by atoms with van der Waals surface area (Å²) >= 11 is 0. The molecule has 2 aromatic rings. The highest BCUT2D eigenvalue weighted by Crippen LogP contribution is 2.00. The van der Waals surface area contributed by atoms with E-state index in [0.29, 0.717) is 12.8 Å². The zero-order valence-electron chi connectivity index (χ0n) is 15.2. The number of hydrogen-bond donors (Lipinski definition) is 2. The van der Waals surface area contributed by atoms with Crippen molar-refractivity contribution >= 4 is 24.2 Å². The molecule has 0 heterocycles. The Balaban J connectivity index is 1.51. The molecule has 27 heavy (non-hydrogen) atoms. The van der Waals surface area contributed by atoms with Crippen molar-refractivity contribution in [2.75, 3.05) is 0 Å². The van der Waals surface area contributed by atoms with E-state index in [1.807, 2.05) is 60.7 Å². The molecule has 0 saturated carbocycles. The quantitative estimate of drug-likeness (QED) is 0.386. The number of hydrazone groups is 2. The molecule has 0 aromatic heterocycles. The molecule has 2 aromatic carbocycles. The Morgan fingerprint density at radius 2 is 1.11 bits per heavy atom. The standard InChI is InChI=1S/C21H24N4O2/c26-20(16-18-10-4-1-5-11-18)24-22-14-8-3-9-15-23-25-21(27)17-19-12-6-2-7-13-19/h1-2,4-7,10-15H,3,8-9,16-17H2,(H,24,26)(H,25,27)/b22-14-,23-15-. The number of amides is 2. The summed E-state index contributed by atoms with van der Waals surface area (Å²) in [4.78, 5) is 23.4. The van der Waals surface area contributed by atoms with Crippen LogP contribution < -0.4 is 10.9 Å². The van der Waals surface area contributed by atoms with E-state index in [-0.39, 0.29) is 11.8 Å². The summed E-state index contributed by atoms with van der Waals surface area (Å²) in [5.74, 6) is -0.278. The van der Waals surface area contributed by atoms with Gasteiger partial charge in [-0.05, 0) is 30.4 Å². The molecule has 0 spiro atoms. The van der Waals surface area contributed by atoms with Gasteiger partial charge in [-0.3, -0.25) is 9.59 Å². The Bertz CT molecular complexity index is 693. The summed E-state index contributed by atoms with van der Waals surface area (Å²) in [5, 5.41) is 7.84. The SMILES string of the molecule is O=C(Cc1ccccc1)N/N=C\CCC/C=N\NC(=O)Cc1ccccc1. The summed E-state index contributed by atoms with van der Waals surface area (Å²) in [6.45, 7) is 0. The van der Waals surface area contributed by atoms with E-state index in [2.05, 4.69) is 21.1 Å². The average Bonchev–Trinajstić information content (AvgIpc) is 2.68. The van der Waals surface area contributed by atoms with E-state index in [9.17, 15) is 9.59 Å². The molecule has 0 fully saturated rings. The molecular weight excluding hydrogens is 340 g/mol. The number of nitrogens with zero attached hydrogens (tertiary/aromatic N) is 2. The summed E-state index contributed by atoms with van der Waals surface area (Å²) in [7, 11) is 0. The van der Waals surface area contributed by atoms with Crippen LogP contribution in [0.25, 0.3) is 0 Å². The van der Waals surface area contributed by atoms with Crippen molar-refractivity contribution in [2.24, 2.45) is 10.2 Å². The Morgan fingerprint density at radius 3 is 1.52 bits per heavy atom. The van der Waals surface area contributed by atoms with Gasteiger partial charge >= 0.3 is 0 Å². The van der Waals surface area contributed by atoms with Crippen LogP contribution in [0.15, 0.2) is 70.9 Å². The van der Waals surface area contributed by atoms with Gasteiger partial charge in [0.2, 0.25) is 11.8 Å². The highest BCUT2D eigenvalue weighted by molar-refractivity contribution is 5.79. The monoisotopic (exact) mass is 364 g/mol. The fraction of sp³-hybridized carbons (Fsp3) is 0.238. The highest BCUT2D eigenvalue weighted by Gasteiger charge is 2.01. The maximum atomic E-state index is 11.7. The minimum atomic E-state index is -0.139. The van der Waals surface area contributed by atoms with Crippen LogP contribution in [0.3, 0.4) is 0 Å². The van der Waals surface area contributed by atoms with Crippen molar-refractivity contribution in [1.82, 2.24) is 10.9 Å². The van der Waals surface area contributed by atoms with Gasteiger partial charge < -0.3 is 0 Å². The zero-order chi connectivity index (χ0) is 19.2. The number of carbonyl (C=O) groups is 2. The maximum absolute atomic E-state index is 11.7. The fourth-order valence-electron chi connectivity index (χ4n) is 2.31. The molecule has 0 aliphatic rings. The van der Waals surface area contributed by atoms with E-state index >= 15 is 0 Å². The second kappa shape index (κ2) is 12.1. The minimum absolute atomic E-state index is 0.139. The van der Waals surface area contributed by atoms with Crippen LogP contribution in [-0.4, -0.2) is 24.2 Å². The van der Waals surface area contributed by atoms with Gasteiger partial charge in [0.25, 0.3) is 0 Å². The minimum Gasteiger partial charge on any atom is -0.273 e. The van der Waals surface area contributed by atoms with Gasteiger partial charge in [-0.15, -0.1) is 0 Å². The van der Waals surface area contributed by atoms with Gasteiger partial charge in [-0.25, -0.2) is 10.9 Å². The molecule has 0 bridgehead atoms. The van der Waals surface area contributed by atoms with Crippen molar-refractivity contribution < 1.29 is 9.59 Å². The van der Waals surface area contributed by atoms with Crippen LogP contribution in [0.4, 0.5) is 0 Å². The second-order valence-electron chi connectivity index (χ2n) is 5.95. The average molecular weight is 364 g/mol. The molecule has 0 aliphatic carbocycles. The lowest BCUT2D eigenvalue weighted by molar-refractivity contribution is -0.121. The number of rotatable bonds is 10. The van der Waals surface area contributed by atoms with Crippen LogP contribution in [-0.2, 0) is 22.4 Å².